The molecule has 3 rings (SSSR count). The molecule has 1 aliphatic rings. The zero-order valence-corrected chi connectivity index (χ0v) is 18.8. The molecule has 2 aromatic carbocycles. The number of aliphatic imine (C=N–C) groups is 1. The summed E-state index contributed by atoms with van der Waals surface area (Å²) in [5.74, 6) is -0.320. The summed E-state index contributed by atoms with van der Waals surface area (Å²) in [5, 5.41) is 0. The van der Waals surface area contributed by atoms with Crippen molar-refractivity contribution in [2.45, 2.75) is 25.2 Å². The van der Waals surface area contributed by atoms with Gasteiger partial charge in [-0.2, -0.15) is 0 Å². The highest BCUT2D eigenvalue weighted by Crippen LogP contribution is 2.17. The average Bonchev–Trinajstić information content (AvgIpc) is 2.71. The third kappa shape index (κ3) is 6.41. The van der Waals surface area contributed by atoms with E-state index in [1.165, 1.54) is 12.1 Å². The van der Waals surface area contributed by atoms with E-state index in [4.69, 9.17) is 5.73 Å². The number of hydrogen-bond donors (Lipinski definition) is 2. The van der Waals surface area contributed by atoms with E-state index in [1.54, 1.807) is 19.1 Å². The van der Waals surface area contributed by atoms with Crippen molar-refractivity contribution in [2.24, 2.45) is 10.7 Å². The van der Waals surface area contributed by atoms with Crippen LogP contribution in [-0.2, 0) is 10.0 Å². The van der Waals surface area contributed by atoms with Crippen molar-refractivity contribution in [2.75, 3.05) is 44.2 Å². The molecule has 0 unspecified atom stereocenters. The Balaban J connectivity index is 1.42. The number of piperazine rings is 1. The van der Waals surface area contributed by atoms with E-state index >= 15 is 0 Å². The first kappa shape index (κ1) is 23.0. The van der Waals surface area contributed by atoms with Crippen molar-refractivity contribution in [1.29, 1.82) is 0 Å². The molecule has 0 aliphatic carbocycles. The van der Waals surface area contributed by atoms with Crippen LogP contribution in [0.4, 0.5) is 10.1 Å². The van der Waals surface area contributed by atoms with Crippen LogP contribution in [0.25, 0.3) is 0 Å². The predicted molar refractivity (Wildman–Crippen MR) is 122 cm³/mol. The van der Waals surface area contributed by atoms with Crippen LogP contribution in [0.5, 0.6) is 0 Å². The van der Waals surface area contributed by atoms with Gasteiger partial charge in [-0.3, -0.25) is 9.89 Å². The summed E-state index contributed by atoms with van der Waals surface area (Å²) in [7, 11) is -3.74. The number of anilines is 1. The van der Waals surface area contributed by atoms with Gasteiger partial charge in [-0.05, 0) is 56.2 Å². The molecule has 0 radical (unpaired) electrons. The molecule has 0 saturated carbocycles. The first-order chi connectivity index (χ1) is 14.7. The van der Waals surface area contributed by atoms with Crippen LogP contribution in [0.2, 0.25) is 0 Å². The summed E-state index contributed by atoms with van der Waals surface area (Å²) in [6, 6.07) is 11.7. The fourth-order valence-electron chi connectivity index (χ4n) is 3.70. The maximum atomic E-state index is 13.1. The van der Waals surface area contributed by atoms with Crippen LogP contribution in [0.3, 0.4) is 0 Å². The molecular formula is C22H30FN5O2S. The van der Waals surface area contributed by atoms with Crippen LogP contribution < -0.4 is 15.4 Å². The number of nitrogens with one attached hydrogen (secondary N) is 1. The number of benzene rings is 2. The molecule has 7 nitrogen and oxygen atoms in total. The van der Waals surface area contributed by atoms with Crippen LogP contribution >= 0.6 is 0 Å². The Labute approximate surface area is 183 Å². The average molecular weight is 448 g/mol. The van der Waals surface area contributed by atoms with Crippen molar-refractivity contribution in [3.63, 3.8) is 0 Å². The number of halogens is 1. The zero-order valence-electron chi connectivity index (χ0n) is 18.0. The number of nitrogens with zero attached hydrogens (tertiary/aromatic N) is 3. The summed E-state index contributed by atoms with van der Waals surface area (Å²) in [4.78, 5) is 8.96. The van der Waals surface area contributed by atoms with E-state index in [1.807, 2.05) is 25.1 Å². The number of rotatable bonds is 7. The van der Waals surface area contributed by atoms with Gasteiger partial charge in [0.25, 0.3) is 10.0 Å². The van der Waals surface area contributed by atoms with Gasteiger partial charge in [-0.1, -0.05) is 17.7 Å². The molecule has 1 aliphatic heterocycles. The highest BCUT2D eigenvalue weighted by Gasteiger charge is 2.18. The Bertz CT molecular complexity index is 1020. The van der Waals surface area contributed by atoms with Crippen LogP contribution in [0.15, 0.2) is 52.4 Å². The first-order valence-corrected chi connectivity index (χ1v) is 11.9. The van der Waals surface area contributed by atoms with Crippen LogP contribution in [0, 0.1) is 19.7 Å². The van der Waals surface area contributed by atoms with Crippen molar-refractivity contribution < 1.29 is 12.8 Å². The van der Waals surface area contributed by atoms with Crippen LogP contribution in [0.1, 0.15) is 17.5 Å². The Morgan fingerprint density at radius 2 is 1.77 bits per heavy atom. The summed E-state index contributed by atoms with van der Waals surface area (Å²) < 4.78 is 40.5. The number of aryl methyl sites for hydroxylation is 2. The van der Waals surface area contributed by atoms with Crippen LogP contribution in [-0.4, -0.2) is 58.5 Å². The highest BCUT2D eigenvalue weighted by molar-refractivity contribution is 7.90. The van der Waals surface area contributed by atoms with Gasteiger partial charge < -0.3 is 10.6 Å². The van der Waals surface area contributed by atoms with Gasteiger partial charge in [0.15, 0.2) is 0 Å². The second-order valence-electron chi connectivity index (χ2n) is 7.80. The normalized spacial score (nSPS) is 15.8. The Hall–Kier alpha value is -2.65. The maximum Gasteiger partial charge on any atom is 0.264 e. The number of hydrogen-bond acceptors (Lipinski definition) is 5. The molecule has 1 heterocycles. The number of sulfonamides is 1. The molecule has 2 aromatic rings. The molecule has 1 saturated heterocycles. The lowest BCUT2D eigenvalue weighted by atomic mass is 10.2. The number of nitrogens with two attached hydrogens (primary N) is 1. The fourth-order valence-corrected chi connectivity index (χ4v) is 4.88. The van der Waals surface area contributed by atoms with E-state index in [9.17, 15) is 12.8 Å². The van der Waals surface area contributed by atoms with Gasteiger partial charge in [-0.25, -0.2) is 17.5 Å². The Kier molecular flexibility index (Phi) is 7.50. The largest absolute Gasteiger partial charge is 0.369 e. The van der Waals surface area contributed by atoms with Gasteiger partial charge in [0.2, 0.25) is 5.96 Å². The van der Waals surface area contributed by atoms with E-state index in [2.05, 4.69) is 19.5 Å². The zero-order chi connectivity index (χ0) is 22.4. The van der Waals surface area contributed by atoms with Gasteiger partial charge in [0, 0.05) is 45.0 Å². The quantitative estimate of drug-likeness (QED) is 0.386. The van der Waals surface area contributed by atoms with Crippen molar-refractivity contribution >= 4 is 21.7 Å². The lowest BCUT2D eigenvalue weighted by Crippen LogP contribution is -2.46. The third-order valence-corrected chi connectivity index (χ3v) is 6.85. The van der Waals surface area contributed by atoms with E-state index < -0.39 is 10.0 Å². The minimum atomic E-state index is -3.74. The molecule has 0 atom stereocenters. The second-order valence-corrected chi connectivity index (χ2v) is 9.45. The fraction of sp³-hybridized carbons (Fsp3) is 0.409. The number of guanidine groups is 1. The third-order valence-electron chi connectivity index (χ3n) is 5.34. The summed E-state index contributed by atoms with van der Waals surface area (Å²) in [6.07, 6.45) is 0.780. The molecule has 168 valence electrons. The van der Waals surface area contributed by atoms with Crippen molar-refractivity contribution in [1.82, 2.24) is 9.62 Å². The standard InChI is InChI=1S/C22H30FN5O2S/c1-17-4-9-21(18(2)16-17)31(29,30)26-22(24)25-10-3-11-27-12-14-28(15-13-27)20-7-5-19(23)6-8-20/h4-9,16H,3,10-15H2,1-2H3,(H3,24,25,26). The molecule has 0 aromatic heterocycles. The first-order valence-electron chi connectivity index (χ1n) is 10.4. The Morgan fingerprint density at radius 3 is 2.42 bits per heavy atom. The lowest BCUT2D eigenvalue weighted by Gasteiger charge is -2.36. The maximum absolute atomic E-state index is 13.1. The Morgan fingerprint density at radius 1 is 1.10 bits per heavy atom. The van der Waals surface area contributed by atoms with E-state index in [-0.39, 0.29) is 16.7 Å². The summed E-state index contributed by atoms with van der Waals surface area (Å²) in [5.41, 5.74) is 8.50. The molecule has 3 N–H and O–H groups in total. The molecule has 0 amide bonds. The van der Waals surface area contributed by atoms with Crippen molar-refractivity contribution in [3.05, 3.63) is 59.4 Å². The molecule has 1 fully saturated rings. The van der Waals surface area contributed by atoms with Gasteiger partial charge >= 0.3 is 0 Å². The topological polar surface area (TPSA) is 91.0 Å². The molecule has 0 bridgehead atoms. The predicted octanol–water partition coefficient (Wildman–Crippen LogP) is 2.25. The minimum Gasteiger partial charge on any atom is -0.369 e. The minimum absolute atomic E-state index is 0.0962. The lowest BCUT2D eigenvalue weighted by molar-refractivity contribution is 0.256. The summed E-state index contributed by atoms with van der Waals surface area (Å²) >= 11 is 0. The van der Waals surface area contributed by atoms with Crippen molar-refractivity contribution in [3.8, 4) is 0 Å². The molecule has 9 heteroatoms. The SMILES string of the molecule is Cc1ccc(S(=O)(=O)NC(N)=NCCCN2CCN(c3ccc(F)cc3)CC2)c(C)c1. The molecule has 0 spiro atoms. The van der Waals surface area contributed by atoms with E-state index in [0.29, 0.717) is 12.1 Å². The highest BCUT2D eigenvalue weighted by atomic mass is 32.2. The van der Waals surface area contributed by atoms with E-state index in [0.717, 1.165) is 50.4 Å². The molecular weight excluding hydrogens is 417 g/mol. The monoisotopic (exact) mass is 447 g/mol. The van der Waals surface area contributed by atoms with Gasteiger partial charge in [0.1, 0.15) is 5.82 Å². The smallest absolute Gasteiger partial charge is 0.264 e. The molecule has 31 heavy (non-hydrogen) atoms. The van der Waals surface area contributed by atoms with Gasteiger partial charge in [-0.15, -0.1) is 0 Å². The second kappa shape index (κ2) is 10.1. The summed E-state index contributed by atoms with van der Waals surface area (Å²) in [6.45, 7) is 8.56. The van der Waals surface area contributed by atoms with Gasteiger partial charge in [0.05, 0.1) is 4.90 Å².